The van der Waals surface area contributed by atoms with Crippen LogP contribution in [0.15, 0.2) is 16.7 Å². The molecule has 3 heterocycles. The highest BCUT2D eigenvalue weighted by atomic mass is 79.9. The number of rotatable bonds is 2. The van der Waals surface area contributed by atoms with Crippen LogP contribution in [-0.4, -0.2) is 40.5 Å². The van der Waals surface area contributed by atoms with Crippen molar-refractivity contribution in [2.75, 3.05) is 18.0 Å². The second kappa shape index (κ2) is 4.61. The van der Waals surface area contributed by atoms with Crippen LogP contribution in [0.1, 0.15) is 45.7 Å². The Labute approximate surface area is 151 Å². The summed E-state index contributed by atoms with van der Waals surface area (Å²) < 4.78 is 0.943. The lowest BCUT2D eigenvalue weighted by molar-refractivity contribution is -0.123. The maximum absolute atomic E-state index is 13.1. The van der Waals surface area contributed by atoms with Gasteiger partial charge in [-0.2, -0.15) is 0 Å². The Morgan fingerprint density at radius 1 is 1.21 bits per heavy atom. The van der Waals surface area contributed by atoms with Crippen LogP contribution in [0.5, 0.6) is 0 Å². The predicted molar refractivity (Wildman–Crippen MR) is 97.0 cm³/mol. The van der Waals surface area contributed by atoms with Gasteiger partial charge in [0.25, 0.3) is 0 Å². The van der Waals surface area contributed by atoms with Crippen LogP contribution in [0, 0.1) is 11.8 Å². The number of halogens is 1. The Morgan fingerprint density at radius 2 is 1.88 bits per heavy atom. The topological polar surface area (TPSA) is 36.4 Å². The minimum Gasteiger partial charge on any atom is -0.307 e. The minimum atomic E-state index is -0.517. The standard InChI is InChI=1S/C19H24BrN3O/c1-18(2)16-15(5-13(20)8-21-16)23(17(18)24)14-6-19(3,7-14)22-9-11-4-12(11)10-22/h5,8,11-12,14H,4,6-7,9-10H2,1-3H3/t11-,12?,14?,19?/m1/s1. The largest absolute Gasteiger partial charge is 0.307 e. The van der Waals surface area contributed by atoms with E-state index in [0.29, 0.717) is 6.04 Å². The van der Waals surface area contributed by atoms with Gasteiger partial charge < -0.3 is 4.90 Å². The normalized spacial score (nSPS) is 39.6. The van der Waals surface area contributed by atoms with Gasteiger partial charge in [-0.05, 0) is 73.9 Å². The molecule has 128 valence electrons. The summed E-state index contributed by atoms with van der Waals surface area (Å²) in [4.78, 5) is 22.4. The van der Waals surface area contributed by atoms with Gasteiger partial charge in [0, 0.05) is 35.3 Å². The highest BCUT2D eigenvalue weighted by Gasteiger charge is 2.58. The van der Waals surface area contributed by atoms with Crippen LogP contribution < -0.4 is 4.90 Å². The number of likely N-dealkylation sites (tertiary alicyclic amines) is 1. The van der Waals surface area contributed by atoms with Crippen molar-refractivity contribution in [2.45, 2.75) is 57.0 Å². The number of anilines is 1. The highest BCUT2D eigenvalue weighted by Crippen LogP contribution is 2.53. The third-order valence-corrected chi connectivity index (χ3v) is 7.33. The number of hydrogen-bond donors (Lipinski definition) is 0. The fraction of sp³-hybridized carbons (Fsp3) is 0.684. The van der Waals surface area contributed by atoms with Crippen LogP contribution in [0.3, 0.4) is 0 Å². The molecule has 0 N–H and O–H groups in total. The van der Waals surface area contributed by atoms with E-state index >= 15 is 0 Å². The van der Waals surface area contributed by atoms with Crippen LogP contribution in [0.2, 0.25) is 0 Å². The van der Waals surface area contributed by atoms with Gasteiger partial charge >= 0.3 is 0 Å². The molecule has 2 aliphatic heterocycles. The molecule has 3 fully saturated rings. The van der Waals surface area contributed by atoms with E-state index in [2.05, 4.69) is 38.8 Å². The molecule has 0 spiro atoms. The summed E-state index contributed by atoms with van der Waals surface area (Å²) in [5, 5.41) is 0. The Morgan fingerprint density at radius 3 is 2.54 bits per heavy atom. The summed E-state index contributed by atoms with van der Waals surface area (Å²) in [6, 6.07) is 2.38. The average Bonchev–Trinajstić information content (AvgIpc) is 3.04. The summed E-state index contributed by atoms with van der Waals surface area (Å²) in [6.45, 7) is 8.94. The maximum atomic E-state index is 13.1. The van der Waals surface area contributed by atoms with E-state index < -0.39 is 5.41 Å². The van der Waals surface area contributed by atoms with E-state index in [4.69, 9.17) is 0 Å². The summed E-state index contributed by atoms with van der Waals surface area (Å²) in [6.07, 6.45) is 5.42. The Bertz CT molecular complexity index is 730. The number of amides is 1. The van der Waals surface area contributed by atoms with E-state index in [0.717, 1.165) is 40.5 Å². The van der Waals surface area contributed by atoms with Gasteiger partial charge in [-0.3, -0.25) is 14.7 Å². The van der Waals surface area contributed by atoms with Crippen molar-refractivity contribution in [3.05, 3.63) is 22.4 Å². The summed E-state index contributed by atoms with van der Waals surface area (Å²) in [5.41, 5.74) is 1.70. The van der Waals surface area contributed by atoms with E-state index in [9.17, 15) is 4.79 Å². The first kappa shape index (κ1) is 15.3. The van der Waals surface area contributed by atoms with Crippen molar-refractivity contribution in [1.82, 2.24) is 9.88 Å². The molecule has 5 rings (SSSR count). The van der Waals surface area contributed by atoms with E-state index in [-0.39, 0.29) is 11.4 Å². The molecule has 2 atom stereocenters. The van der Waals surface area contributed by atoms with Gasteiger partial charge in [0.05, 0.1) is 16.8 Å². The number of nitrogens with zero attached hydrogens (tertiary/aromatic N) is 3. The van der Waals surface area contributed by atoms with Gasteiger partial charge in [-0.1, -0.05) is 0 Å². The molecule has 2 saturated carbocycles. The molecule has 4 nitrogen and oxygen atoms in total. The zero-order valence-electron chi connectivity index (χ0n) is 14.6. The molecular weight excluding hydrogens is 366 g/mol. The number of piperidine rings is 1. The number of carbonyl (C=O) groups is 1. The van der Waals surface area contributed by atoms with Crippen LogP contribution in [0.4, 0.5) is 5.69 Å². The summed E-state index contributed by atoms with van der Waals surface area (Å²) in [7, 11) is 0. The van der Waals surface area contributed by atoms with Crippen LogP contribution >= 0.6 is 15.9 Å². The second-order valence-electron chi connectivity index (χ2n) is 9.04. The molecule has 2 aliphatic carbocycles. The van der Waals surface area contributed by atoms with E-state index in [1.165, 1.54) is 19.5 Å². The molecule has 24 heavy (non-hydrogen) atoms. The Hall–Kier alpha value is -0.940. The molecular formula is C19H24BrN3O. The van der Waals surface area contributed by atoms with Crippen molar-refractivity contribution >= 4 is 27.5 Å². The summed E-state index contributed by atoms with van der Waals surface area (Å²) in [5.74, 6) is 2.14. The fourth-order valence-electron chi connectivity index (χ4n) is 5.20. The number of hydrogen-bond acceptors (Lipinski definition) is 3. The third-order valence-electron chi connectivity index (χ3n) is 6.90. The molecule has 0 radical (unpaired) electrons. The second-order valence-corrected chi connectivity index (χ2v) is 9.96. The summed E-state index contributed by atoms with van der Waals surface area (Å²) >= 11 is 3.52. The zero-order valence-corrected chi connectivity index (χ0v) is 16.1. The lowest BCUT2D eigenvalue weighted by Gasteiger charge is -2.54. The Balaban J connectivity index is 1.40. The third kappa shape index (κ3) is 1.94. The van der Waals surface area contributed by atoms with Crippen LogP contribution in [-0.2, 0) is 10.2 Å². The molecule has 0 bridgehead atoms. The first-order valence-electron chi connectivity index (χ1n) is 9.04. The number of fused-ring (bicyclic) bond motifs is 2. The minimum absolute atomic E-state index is 0.208. The molecule has 1 aromatic heterocycles. The number of aromatic nitrogens is 1. The average molecular weight is 390 g/mol. The predicted octanol–water partition coefficient (Wildman–Crippen LogP) is 3.34. The van der Waals surface area contributed by atoms with Gasteiger partial charge in [0.2, 0.25) is 5.91 Å². The molecule has 1 aromatic rings. The first-order chi connectivity index (χ1) is 11.3. The number of pyridine rings is 1. The van der Waals surface area contributed by atoms with Crippen molar-refractivity contribution in [2.24, 2.45) is 11.8 Å². The van der Waals surface area contributed by atoms with Gasteiger partial charge in [0.15, 0.2) is 0 Å². The van der Waals surface area contributed by atoms with Crippen molar-refractivity contribution in [1.29, 1.82) is 0 Å². The number of carbonyl (C=O) groups excluding carboxylic acids is 1. The van der Waals surface area contributed by atoms with Gasteiger partial charge in [-0.25, -0.2) is 0 Å². The molecule has 1 amide bonds. The molecule has 0 aromatic carbocycles. The quantitative estimate of drug-likeness (QED) is 0.777. The van der Waals surface area contributed by atoms with Gasteiger partial charge in [-0.15, -0.1) is 0 Å². The lowest BCUT2D eigenvalue weighted by atomic mass is 9.71. The maximum Gasteiger partial charge on any atom is 0.239 e. The SMILES string of the molecule is CC1(C)C(=O)N(C2CC(C)(N3CC4C[C@@H]4C3)C2)c2cc(Br)cnc21. The lowest BCUT2D eigenvalue weighted by Crippen LogP contribution is -2.63. The smallest absolute Gasteiger partial charge is 0.239 e. The van der Waals surface area contributed by atoms with Crippen LogP contribution in [0.25, 0.3) is 0 Å². The first-order valence-corrected chi connectivity index (χ1v) is 9.84. The van der Waals surface area contributed by atoms with E-state index in [1.807, 2.05) is 18.7 Å². The molecule has 1 saturated heterocycles. The van der Waals surface area contributed by atoms with Crippen molar-refractivity contribution in [3.63, 3.8) is 0 Å². The Kier molecular flexibility index (Phi) is 2.94. The van der Waals surface area contributed by atoms with Crippen molar-refractivity contribution in [3.8, 4) is 0 Å². The zero-order chi connectivity index (χ0) is 16.9. The molecule has 1 unspecified atom stereocenters. The molecule has 4 aliphatic rings. The highest BCUT2D eigenvalue weighted by molar-refractivity contribution is 9.10. The van der Waals surface area contributed by atoms with E-state index in [1.54, 1.807) is 6.20 Å². The van der Waals surface area contributed by atoms with Crippen molar-refractivity contribution < 1.29 is 4.79 Å². The van der Waals surface area contributed by atoms with Gasteiger partial charge in [0.1, 0.15) is 0 Å². The fourth-order valence-corrected chi connectivity index (χ4v) is 5.52. The monoisotopic (exact) mass is 389 g/mol. The molecule has 5 heteroatoms.